The van der Waals surface area contributed by atoms with Gasteiger partial charge in [-0.2, -0.15) is 22.1 Å². The molecule has 1 amide bonds. The van der Waals surface area contributed by atoms with Crippen LogP contribution in [0, 0.1) is 19.8 Å². The van der Waals surface area contributed by atoms with E-state index >= 15 is 0 Å². The molecule has 1 unspecified atom stereocenters. The number of anilines is 1. The lowest BCUT2D eigenvalue weighted by Crippen LogP contribution is -2.26. The molecule has 0 saturated carbocycles. The van der Waals surface area contributed by atoms with Gasteiger partial charge in [-0.1, -0.05) is 0 Å². The van der Waals surface area contributed by atoms with E-state index in [0.29, 0.717) is 30.4 Å². The van der Waals surface area contributed by atoms with Gasteiger partial charge in [0.2, 0.25) is 5.91 Å². The maximum Gasteiger partial charge on any atom is 0.254 e. The van der Waals surface area contributed by atoms with E-state index in [9.17, 15) is 4.79 Å². The molecule has 1 saturated heterocycles. The van der Waals surface area contributed by atoms with Crippen molar-refractivity contribution in [2.24, 2.45) is 5.92 Å². The molecule has 2 aromatic rings. The molecule has 0 aromatic carbocycles. The summed E-state index contributed by atoms with van der Waals surface area (Å²) in [5.41, 5.74) is 1.85. The van der Waals surface area contributed by atoms with Gasteiger partial charge in [-0.25, -0.2) is 4.98 Å². The summed E-state index contributed by atoms with van der Waals surface area (Å²) in [6.07, 6.45) is 0.518. The molecule has 1 aliphatic heterocycles. The van der Waals surface area contributed by atoms with Gasteiger partial charge in [0.15, 0.2) is 0 Å². The molecule has 100 valence electrons. The highest BCUT2D eigenvalue weighted by Gasteiger charge is 2.32. The van der Waals surface area contributed by atoms with Crippen molar-refractivity contribution in [3.63, 3.8) is 0 Å². The van der Waals surface area contributed by atoms with Crippen molar-refractivity contribution in [1.29, 1.82) is 0 Å². The van der Waals surface area contributed by atoms with Gasteiger partial charge in [0, 0.05) is 24.4 Å². The van der Waals surface area contributed by atoms with Crippen molar-refractivity contribution >= 4 is 30.3 Å². The van der Waals surface area contributed by atoms with Crippen molar-refractivity contribution in [2.45, 2.75) is 20.3 Å². The Kier molecular flexibility index (Phi) is 2.93. The van der Waals surface area contributed by atoms with Crippen LogP contribution in [0.2, 0.25) is 0 Å². The third kappa shape index (κ3) is 2.07. The maximum atomic E-state index is 12.0. The number of carbonyl (C=O) groups excluding carboxylic acids is 1. The van der Waals surface area contributed by atoms with E-state index < -0.39 is 0 Å². The normalized spacial score (nSPS) is 19.6. The molecule has 0 N–H and O–H groups in total. The highest BCUT2D eigenvalue weighted by atomic mass is 32.1. The molecule has 0 radical (unpaired) electrons. The number of aromatic nitrogens is 4. The lowest BCUT2D eigenvalue weighted by Gasteiger charge is -2.10. The quantitative estimate of drug-likeness (QED) is 0.833. The van der Waals surface area contributed by atoms with Gasteiger partial charge >= 0.3 is 0 Å². The second-order valence-corrected chi connectivity index (χ2v) is 5.28. The van der Waals surface area contributed by atoms with Crippen molar-refractivity contribution in [1.82, 2.24) is 19.6 Å². The van der Waals surface area contributed by atoms with Gasteiger partial charge in [0.05, 0.1) is 0 Å². The van der Waals surface area contributed by atoms with E-state index in [0.717, 1.165) is 11.4 Å². The first-order valence-electron chi connectivity index (χ1n) is 6.20. The zero-order chi connectivity index (χ0) is 13.6. The molecule has 3 heterocycles. The van der Waals surface area contributed by atoms with Crippen molar-refractivity contribution in [3.8, 4) is 0 Å². The zero-order valence-electron chi connectivity index (χ0n) is 10.9. The van der Waals surface area contributed by atoms with E-state index in [1.165, 1.54) is 0 Å². The van der Waals surface area contributed by atoms with Crippen LogP contribution < -0.4 is 4.90 Å². The van der Waals surface area contributed by atoms with Gasteiger partial charge in [-0.3, -0.25) is 9.69 Å². The summed E-state index contributed by atoms with van der Waals surface area (Å²) in [6, 6.07) is 1.94. The Bertz CT molecular complexity index is 653. The first-order chi connectivity index (χ1) is 9.08. The van der Waals surface area contributed by atoms with Crippen LogP contribution in [0.3, 0.4) is 0 Å². The fourth-order valence-corrected chi connectivity index (χ4v) is 2.61. The molecule has 3 rings (SSSR count). The average molecular weight is 277 g/mol. The van der Waals surface area contributed by atoms with Crippen LogP contribution in [0.5, 0.6) is 0 Å². The third-order valence-electron chi connectivity index (χ3n) is 3.31. The summed E-state index contributed by atoms with van der Waals surface area (Å²) in [7, 11) is 0. The minimum absolute atomic E-state index is 0.0596. The first kappa shape index (κ1) is 12.4. The molecule has 0 spiro atoms. The maximum absolute atomic E-state index is 12.0. The Morgan fingerprint density at radius 1 is 1.42 bits per heavy atom. The Hall–Kier alpha value is -1.63. The summed E-state index contributed by atoms with van der Waals surface area (Å²) in [5, 5.41) is 4.38. The number of carbonyl (C=O) groups is 1. The summed E-state index contributed by atoms with van der Waals surface area (Å²) in [4.78, 5) is 22.3. The van der Waals surface area contributed by atoms with E-state index in [1.807, 2.05) is 19.9 Å². The van der Waals surface area contributed by atoms with Gasteiger partial charge in [-0.05, 0) is 31.6 Å². The van der Waals surface area contributed by atoms with Crippen molar-refractivity contribution in [2.75, 3.05) is 17.2 Å². The summed E-state index contributed by atoms with van der Waals surface area (Å²) < 4.78 is 1.67. The predicted molar refractivity (Wildman–Crippen MR) is 74.6 cm³/mol. The molecule has 7 heteroatoms. The topological polar surface area (TPSA) is 63.4 Å². The molecule has 6 nitrogen and oxygen atoms in total. The molecular weight excluding hydrogens is 262 g/mol. The molecule has 1 atom stereocenters. The highest BCUT2D eigenvalue weighted by Crippen LogP contribution is 2.23. The SMILES string of the molecule is Cc1cc(C)n2nc(N3CC(CS)CC3=O)nc2n1. The van der Waals surface area contributed by atoms with E-state index in [1.54, 1.807) is 9.42 Å². The van der Waals surface area contributed by atoms with Crippen molar-refractivity contribution < 1.29 is 4.79 Å². The fraction of sp³-hybridized carbons (Fsp3) is 0.500. The Balaban J connectivity index is 2.02. The minimum atomic E-state index is 0.0596. The second-order valence-electron chi connectivity index (χ2n) is 4.92. The highest BCUT2D eigenvalue weighted by molar-refractivity contribution is 7.80. The first-order valence-corrected chi connectivity index (χ1v) is 6.84. The van der Waals surface area contributed by atoms with Crippen LogP contribution in [-0.4, -0.2) is 37.8 Å². The average Bonchev–Trinajstić information content (AvgIpc) is 2.92. The van der Waals surface area contributed by atoms with Gasteiger partial charge in [0.25, 0.3) is 11.7 Å². The number of nitrogens with zero attached hydrogens (tertiary/aromatic N) is 5. The fourth-order valence-electron chi connectivity index (χ4n) is 2.37. The lowest BCUT2D eigenvalue weighted by molar-refractivity contribution is -0.117. The van der Waals surface area contributed by atoms with Crippen LogP contribution in [0.25, 0.3) is 5.78 Å². The largest absolute Gasteiger partial charge is 0.279 e. The Morgan fingerprint density at radius 2 is 2.21 bits per heavy atom. The Labute approximate surface area is 116 Å². The van der Waals surface area contributed by atoms with E-state index in [2.05, 4.69) is 27.7 Å². The van der Waals surface area contributed by atoms with E-state index in [4.69, 9.17) is 0 Å². The number of hydrogen-bond donors (Lipinski definition) is 1. The van der Waals surface area contributed by atoms with E-state index in [-0.39, 0.29) is 11.8 Å². The second kappa shape index (κ2) is 4.48. The smallest absolute Gasteiger partial charge is 0.254 e. The molecule has 19 heavy (non-hydrogen) atoms. The summed E-state index contributed by atoms with van der Waals surface area (Å²) in [6.45, 7) is 4.50. The zero-order valence-corrected chi connectivity index (χ0v) is 11.8. The minimum Gasteiger partial charge on any atom is -0.279 e. The molecule has 2 aromatic heterocycles. The molecule has 1 aliphatic rings. The molecule has 0 bridgehead atoms. The molecule has 0 aliphatic carbocycles. The standard InChI is InChI=1S/C12H15N5OS/c1-7-3-8(2)17-11(13-7)14-12(15-17)16-5-9(6-19)4-10(16)18/h3,9,19H,4-6H2,1-2H3. The number of thiol groups is 1. The van der Waals surface area contributed by atoms with Gasteiger partial charge in [0.1, 0.15) is 0 Å². The van der Waals surface area contributed by atoms with Crippen LogP contribution in [-0.2, 0) is 4.79 Å². The Morgan fingerprint density at radius 3 is 2.89 bits per heavy atom. The van der Waals surface area contributed by atoms with Gasteiger partial charge < -0.3 is 0 Å². The lowest BCUT2D eigenvalue weighted by atomic mass is 10.1. The van der Waals surface area contributed by atoms with Crippen molar-refractivity contribution in [3.05, 3.63) is 17.5 Å². The van der Waals surface area contributed by atoms with Crippen LogP contribution in [0.1, 0.15) is 17.8 Å². The number of aryl methyl sites for hydroxylation is 2. The number of rotatable bonds is 2. The number of fused-ring (bicyclic) bond motifs is 1. The summed E-state index contributed by atoms with van der Waals surface area (Å²) in [5.74, 6) is 2.01. The predicted octanol–water partition coefficient (Wildman–Crippen LogP) is 1.02. The van der Waals surface area contributed by atoms with Crippen LogP contribution in [0.4, 0.5) is 5.95 Å². The number of amides is 1. The van der Waals surface area contributed by atoms with Crippen LogP contribution >= 0.6 is 12.6 Å². The third-order valence-corrected chi connectivity index (χ3v) is 3.83. The van der Waals surface area contributed by atoms with Gasteiger partial charge in [-0.15, -0.1) is 5.10 Å². The molecular formula is C12H15N5OS. The monoisotopic (exact) mass is 277 g/mol. The number of hydrogen-bond acceptors (Lipinski definition) is 5. The van der Waals surface area contributed by atoms with Crippen LogP contribution in [0.15, 0.2) is 6.07 Å². The summed E-state index contributed by atoms with van der Waals surface area (Å²) >= 11 is 4.25. The molecule has 1 fully saturated rings.